The number of hydrogen-bond donors (Lipinski definition) is 2. The highest BCUT2D eigenvalue weighted by atomic mass is 35.5. The number of benzene rings is 1. The lowest BCUT2D eigenvalue weighted by Gasteiger charge is -2.38. The molecule has 4 rings (SSSR count). The van der Waals surface area contributed by atoms with Crippen LogP contribution in [0.15, 0.2) is 18.2 Å². The summed E-state index contributed by atoms with van der Waals surface area (Å²) in [7, 11) is 0. The van der Waals surface area contributed by atoms with Crippen molar-refractivity contribution >= 4 is 18.3 Å². The van der Waals surface area contributed by atoms with E-state index >= 15 is 0 Å². The fraction of sp³-hybridized carbons (Fsp3) is 0.650. The van der Waals surface area contributed by atoms with Crippen molar-refractivity contribution in [1.29, 1.82) is 0 Å². The van der Waals surface area contributed by atoms with Gasteiger partial charge in [-0.25, -0.2) is 0 Å². The van der Waals surface area contributed by atoms with Crippen molar-refractivity contribution in [3.05, 3.63) is 23.8 Å². The van der Waals surface area contributed by atoms with Crippen molar-refractivity contribution in [3.63, 3.8) is 0 Å². The molecule has 0 radical (unpaired) electrons. The van der Waals surface area contributed by atoms with Gasteiger partial charge in [0, 0.05) is 37.1 Å². The zero-order valence-electron chi connectivity index (χ0n) is 15.6. The highest BCUT2D eigenvalue weighted by molar-refractivity contribution is 5.85. The molecule has 7 heteroatoms. The lowest BCUT2D eigenvalue weighted by atomic mass is 9.73. The average Bonchev–Trinajstić information content (AvgIpc) is 3.15. The zero-order chi connectivity index (χ0) is 18.0. The van der Waals surface area contributed by atoms with Crippen molar-refractivity contribution in [2.24, 2.45) is 11.7 Å². The van der Waals surface area contributed by atoms with E-state index in [4.69, 9.17) is 19.9 Å². The molecule has 2 aliphatic heterocycles. The number of carbonyl (C=O) groups is 1. The first-order valence-electron chi connectivity index (χ1n) is 9.67. The topological polar surface area (TPSA) is 82.8 Å². The van der Waals surface area contributed by atoms with E-state index in [1.54, 1.807) is 0 Å². The monoisotopic (exact) mass is 396 g/mol. The first-order valence-corrected chi connectivity index (χ1v) is 9.67. The Morgan fingerprint density at radius 3 is 2.74 bits per heavy atom. The van der Waals surface area contributed by atoms with Gasteiger partial charge in [0.2, 0.25) is 12.7 Å². The first-order chi connectivity index (χ1) is 12.7. The molecule has 2 atom stereocenters. The van der Waals surface area contributed by atoms with Gasteiger partial charge in [-0.2, -0.15) is 0 Å². The Bertz CT molecular complexity index is 663. The molecule has 2 fully saturated rings. The van der Waals surface area contributed by atoms with Gasteiger partial charge in [0.25, 0.3) is 0 Å². The van der Waals surface area contributed by atoms with Gasteiger partial charge >= 0.3 is 0 Å². The van der Waals surface area contributed by atoms with E-state index in [-0.39, 0.29) is 42.5 Å². The standard InChI is InChI=1S/C20H28N2O4.ClH/c21-16-3-1-2-14(10-16)19(23)22-12-20(6-8-24-9-7-20)15-4-5-17-18(11-15)26-13-25-17;/h4-5,11,14,16H,1-3,6-10,12-13,21H2,(H,22,23);1H. The summed E-state index contributed by atoms with van der Waals surface area (Å²) in [6.45, 7) is 2.31. The van der Waals surface area contributed by atoms with Crippen molar-refractivity contribution in [1.82, 2.24) is 5.32 Å². The molecule has 3 N–H and O–H groups in total. The Kier molecular flexibility index (Phi) is 6.50. The summed E-state index contributed by atoms with van der Waals surface area (Å²) < 4.78 is 16.6. The maximum absolute atomic E-state index is 12.7. The quantitative estimate of drug-likeness (QED) is 0.817. The van der Waals surface area contributed by atoms with Crippen LogP contribution < -0.4 is 20.5 Å². The highest BCUT2D eigenvalue weighted by Gasteiger charge is 2.37. The van der Waals surface area contributed by atoms with Crippen LogP contribution in [0.4, 0.5) is 0 Å². The number of hydrogen-bond acceptors (Lipinski definition) is 5. The van der Waals surface area contributed by atoms with E-state index in [2.05, 4.69) is 17.4 Å². The molecular formula is C20H29ClN2O4. The summed E-state index contributed by atoms with van der Waals surface area (Å²) in [4.78, 5) is 12.7. The zero-order valence-corrected chi connectivity index (χ0v) is 16.4. The minimum Gasteiger partial charge on any atom is -0.454 e. The molecule has 0 bridgehead atoms. The van der Waals surface area contributed by atoms with Crippen LogP contribution in [-0.4, -0.2) is 38.5 Å². The van der Waals surface area contributed by atoms with E-state index in [1.165, 1.54) is 5.56 Å². The maximum Gasteiger partial charge on any atom is 0.231 e. The molecule has 1 aromatic rings. The molecule has 1 saturated carbocycles. The van der Waals surface area contributed by atoms with Gasteiger partial charge in [0.05, 0.1) is 0 Å². The Labute approximate surface area is 166 Å². The number of carbonyl (C=O) groups excluding carboxylic acids is 1. The number of fused-ring (bicyclic) bond motifs is 1. The van der Waals surface area contributed by atoms with Crippen molar-refractivity contribution in [2.45, 2.75) is 50.0 Å². The molecule has 3 aliphatic rings. The van der Waals surface area contributed by atoms with Gasteiger partial charge < -0.3 is 25.3 Å². The molecule has 27 heavy (non-hydrogen) atoms. The molecule has 0 spiro atoms. The van der Waals surface area contributed by atoms with E-state index in [0.29, 0.717) is 19.8 Å². The fourth-order valence-corrected chi connectivity index (χ4v) is 4.42. The second kappa shape index (κ2) is 8.67. The van der Waals surface area contributed by atoms with Gasteiger partial charge in [-0.1, -0.05) is 12.5 Å². The molecule has 2 unspecified atom stereocenters. The van der Waals surface area contributed by atoms with Crippen LogP contribution in [-0.2, 0) is 14.9 Å². The Hall–Kier alpha value is -1.50. The van der Waals surface area contributed by atoms with Crippen LogP contribution in [0.5, 0.6) is 11.5 Å². The lowest BCUT2D eigenvalue weighted by Crippen LogP contribution is -2.47. The van der Waals surface area contributed by atoms with Crippen molar-refractivity contribution in [2.75, 3.05) is 26.6 Å². The summed E-state index contributed by atoms with van der Waals surface area (Å²) in [5.74, 6) is 1.77. The summed E-state index contributed by atoms with van der Waals surface area (Å²) in [5.41, 5.74) is 7.12. The molecule has 0 aromatic heterocycles. The summed E-state index contributed by atoms with van der Waals surface area (Å²) in [6.07, 6.45) is 5.59. The minimum absolute atomic E-state index is 0. The van der Waals surface area contributed by atoms with Crippen LogP contribution in [0.2, 0.25) is 0 Å². The molecule has 150 valence electrons. The van der Waals surface area contributed by atoms with Gasteiger partial charge in [-0.05, 0) is 49.8 Å². The molecule has 1 aliphatic carbocycles. The number of rotatable bonds is 4. The van der Waals surface area contributed by atoms with Crippen LogP contribution >= 0.6 is 12.4 Å². The molecule has 1 saturated heterocycles. The van der Waals surface area contributed by atoms with Crippen LogP contribution in [0, 0.1) is 5.92 Å². The number of ether oxygens (including phenoxy) is 3. The number of nitrogens with one attached hydrogen (secondary N) is 1. The second-order valence-corrected chi connectivity index (χ2v) is 7.80. The maximum atomic E-state index is 12.7. The molecule has 6 nitrogen and oxygen atoms in total. The third kappa shape index (κ3) is 4.33. The number of amides is 1. The Morgan fingerprint density at radius 2 is 1.96 bits per heavy atom. The van der Waals surface area contributed by atoms with Crippen LogP contribution in [0.25, 0.3) is 0 Å². The van der Waals surface area contributed by atoms with Crippen LogP contribution in [0.1, 0.15) is 44.1 Å². The fourth-order valence-electron chi connectivity index (χ4n) is 4.42. The molecule has 2 heterocycles. The van der Waals surface area contributed by atoms with Gasteiger partial charge in [-0.15, -0.1) is 12.4 Å². The summed E-state index contributed by atoms with van der Waals surface area (Å²) in [6, 6.07) is 6.29. The van der Waals surface area contributed by atoms with Gasteiger partial charge in [-0.3, -0.25) is 4.79 Å². The Morgan fingerprint density at radius 1 is 1.19 bits per heavy atom. The summed E-state index contributed by atoms with van der Waals surface area (Å²) in [5, 5.41) is 3.23. The number of halogens is 1. The molecule has 1 aromatic carbocycles. The largest absolute Gasteiger partial charge is 0.454 e. The van der Waals surface area contributed by atoms with E-state index in [0.717, 1.165) is 50.0 Å². The number of nitrogens with two attached hydrogens (primary N) is 1. The normalized spacial score (nSPS) is 26.1. The van der Waals surface area contributed by atoms with E-state index in [1.807, 2.05) is 6.07 Å². The predicted molar refractivity (Wildman–Crippen MR) is 104 cm³/mol. The minimum atomic E-state index is -0.119. The van der Waals surface area contributed by atoms with Gasteiger partial charge in [0.15, 0.2) is 11.5 Å². The van der Waals surface area contributed by atoms with Crippen molar-refractivity contribution < 1.29 is 19.0 Å². The van der Waals surface area contributed by atoms with Gasteiger partial charge in [0.1, 0.15) is 0 Å². The molecular weight excluding hydrogens is 368 g/mol. The second-order valence-electron chi connectivity index (χ2n) is 7.80. The first kappa shape index (κ1) is 20.2. The average molecular weight is 397 g/mol. The summed E-state index contributed by atoms with van der Waals surface area (Å²) >= 11 is 0. The Balaban J connectivity index is 0.00000210. The van der Waals surface area contributed by atoms with Crippen LogP contribution in [0.3, 0.4) is 0 Å². The predicted octanol–water partition coefficient (Wildman–Crippen LogP) is 2.52. The third-order valence-electron chi connectivity index (χ3n) is 6.12. The SMILES string of the molecule is Cl.NC1CCCC(C(=O)NCC2(c3ccc4c(c3)OCO4)CCOCC2)C1. The lowest BCUT2D eigenvalue weighted by molar-refractivity contribution is -0.126. The van der Waals surface area contributed by atoms with Crippen molar-refractivity contribution in [3.8, 4) is 11.5 Å². The van der Waals surface area contributed by atoms with E-state index < -0.39 is 0 Å². The third-order valence-corrected chi connectivity index (χ3v) is 6.12. The highest BCUT2D eigenvalue weighted by Crippen LogP contribution is 2.40. The smallest absolute Gasteiger partial charge is 0.231 e. The molecule has 1 amide bonds. The van der Waals surface area contributed by atoms with E-state index in [9.17, 15) is 4.79 Å².